The maximum absolute atomic E-state index is 11.6. The standard InChI is InChI=1S/C20H18N2O2S/c1-13-11-19(23)24-18-12-15(8-9-16(13)18)21-20(25)22-10-4-6-14-5-2-3-7-17(14)22/h2-3,5,7-9,11-12H,4,6,10H2,1H3,(H,21,25). The van der Waals surface area contributed by atoms with Crippen molar-refractivity contribution in [3.05, 3.63) is 70.1 Å². The molecule has 4 nitrogen and oxygen atoms in total. The van der Waals surface area contributed by atoms with Crippen LogP contribution in [0.4, 0.5) is 11.4 Å². The monoisotopic (exact) mass is 350 g/mol. The van der Waals surface area contributed by atoms with Crippen LogP contribution in [0.5, 0.6) is 0 Å². The summed E-state index contributed by atoms with van der Waals surface area (Å²) >= 11 is 5.63. The predicted octanol–water partition coefficient (Wildman–Crippen LogP) is 4.25. The highest BCUT2D eigenvalue weighted by Gasteiger charge is 2.19. The third-order valence-corrected chi connectivity index (χ3v) is 4.88. The first-order valence-electron chi connectivity index (χ1n) is 8.33. The average Bonchev–Trinajstić information content (AvgIpc) is 2.60. The Balaban J connectivity index is 1.63. The van der Waals surface area contributed by atoms with Gasteiger partial charge in [-0.3, -0.25) is 0 Å². The number of hydrogen-bond donors (Lipinski definition) is 1. The lowest BCUT2D eigenvalue weighted by molar-refractivity contribution is 0.560. The molecule has 1 aliphatic heterocycles. The smallest absolute Gasteiger partial charge is 0.336 e. The lowest BCUT2D eigenvalue weighted by Crippen LogP contribution is -2.38. The first kappa shape index (κ1) is 15.8. The zero-order valence-corrected chi connectivity index (χ0v) is 14.7. The maximum Gasteiger partial charge on any atom is 0.336 e. The lowest BCUT2D eigenvalue weighted by Gasteiger charge is -2.31. The van der Waals surface area contributed by atoms with Crippen molar-refractivity contribution in [2.24, 2.45) is 0 Å². The lowest BCUT2D eigenvalue weighted by atomic mass is 10.0. The number of hydrogen-bond acceptors (Lipinski definition) is 3. The van der Waals surface area contributed by atoms with Crippen molar-refractivity contribution in [1.82, 2.24) is 0 Å². The van der Waals surface area contributed by atoms with Crippen LogP contribution in [-0.4, -0.2) is 11.7 Å². The van der Waals surface area contributed by atoms with Crippen LogP contribution in [0, 0.1) is 6.92 Å². The molecule has 0 saturated carbocycles. The zero-order chi connectivity index (χ0) is 17.4. The summed E-state index contributed by atoms with van der Waals surface area (Å²) in [5.74, 6) is 0. The Bertz CT molecular complexity index is 1030. The number of para-hydroxylation sites is 1. The highest BCUT2D eigenvalue weighted by Crippen LogP contribution is 2.28. The summed E-state index contributed by atoms with van der Waals surface area (Å²) in [6, 6.07) is 15.6. The third-order valence-electron chi connectivity index (χ3n) is 4.56. The van der Waals surface area contributed by atoms with Gasteiger partial charge in [-0.1, -0.05) is 18.2 Å². The molecular weight excluding hydrogens is 332 g/mol. The molecule has 1 aromatic heterocycles. The number of benzene rings is 2. The normalized spacial score (nSPS) is 13.6. The van der Waals surface area contributed by atoms with E-state index in [4.69, 9.17) is 16.6 Å². The molecule has 1 N–H and O–H groups in total. The number of aryl methyl sites for hydroxylation is 2. The van der Waals surface area contributed by atoms with Gasteiger partial charge >= 0.3 is 5.63 Å². The van der Waals surface area contributed by atoms with Crippen LogP contribution in [0.2, 0.25) is 0 Å². The minimum absolute atomic E-state index is 0.338. The Kier molecular flexibility index (Phi) is 4.01. The summed E-state index contributed by atoms with van der Waals surface area (Å²) in [5, 5.41) is 4.86. The van der Waals surface area contributed by atoms with Gasteiger partial charge < -0.3 is 14.6 Å². The van der Waals surface area contributed by atoms with Gasteiger partial charge in [0, 0.05) is 35.4 Å². The molecule has 2 aromatic carbocycles. The van der Waals surface area contributed by atoms with Crippen LogP contribution in [-0.2, 0) is 6.42 Å². The number of nitrogens with one attached hydrogen (secondary N) is 1. The second-order valence-corrected chi connectivity index (χ2v) is 6.66. The van der Waals surface area contributed by atoms with E-state index in [0.717, 1.165) is 41.7 Å². The van der Waals surface area contributed by atoms with Crippen LogP contribution in [0.3, 0.4) is 0 Å². The average molecular weight is 350 g/mol. The van der Waals surface area contributed by atoms with Crippen molar-refractivity contribution in [2.45, 2.75) is 19.8 Å². The molecule has 0 spiro atoms. The van der Waals surface area contributed by atoms with E-state index in [1.54, 1.807) is 0 Å². The number of thiocarbonyl (C=S) groups is 1. The number of rotatable bonds is 1. The van der Waals surface area contributed by atoms with Crippen LogP contribution < -0.4 is 15.8 Å². The van der Waals surface area contributed by atoms with Crippen molar-refractivity contribution >= 4 is 39.7 Å². The van der Waals surface area contributed by atoms with Gasteiger partial charge in [-0.25, -0.2) is 4.79 Å². The molecule has 4 rings (SSSR count). The van der Waals surface area contributed by atoms with E-state index in [1.165, 1.54) is 11.6 Å². The van der Waals surface area contributed by atoms with Gasteiger partial charge in [0.05, 0.1) is 0 Å². The molecular formula is C20H18N2O2S. The molecule has 25 heavy (non-hydrogen) atoms. The van der Waals surface area contributed by atoms with Crippen LogP contribution in [0.1, 0.15) is 17.5 Å². The second-order valence-electron chi connectivity index (χ2n) is 6.27. The molecule has 0 fully saturated rings. The number of nitrogens with zero attached hydrogens (tertiary/aromatic N) is 1. The van der Waals surface area contributed by atoms with E-state index in [1.807, 2.05) is 31.2 Å². The van der Waals surface area contributed by atoms with Crippen LogP contribution in [0.15, 0.2) is 57.7 Å². The van der Waals surface area contributed by atoms with Gasteiger partial charge in [-0.2, -0.15) is 0 Å². The van der Waals surface area contributed by atoms with Crippen molar-refractivity contribution in [2.75, 3.05) is 16.8 Å². The fourth-order valence-corrected chi connectivity index (χ4v) is 3.65. The highest BCUT2D eigenvalue weighted by molar-refractivity contribution is 7.80. The minimum atomic E-state index is -0.338. The first-order chi connectivity index (χ1) is 12.1. The van der Waals surface area contributed by atoms with Crippen LogP contribution in [0.25, 0.3) is 11.0 Å². The van der Waals surface area contributed by atoms with E-state index < -0.39 is 0 Å². The topological polar surface area (TPSA) is 45.5 Å². The summed E-state index contributed by atoms with van der Waals surface area (Å²) in [4.78, 5) is 13.7. The van der Waals surface area contributed by atoms with Crippen molar-refractivity contribution < 1.29 is 4.42 Å². The van der Waals surface area contributed by atoms with E-state index in [9.17, 15) is 4.79 Å². The summed E-state index contributed by atoms with van der Waals surface area (Å²) in [5.41, 5.74) is 4.43. The second kappa shape index (κ2) is 6.33. The molecule has 2 heterocycles. The third kappa shape index (κ3) is 3.03. The summed E-state index contributed by atoms with van der Waals surface area (Å²) < 4.78 is 5.31. The molecule has 1 aliphatic rings. The van der Waals surface area contributed by atoms with Gasteiger partial charge in [0.25, 0.3) is 0 Å². The first-order valence-corrected chi connectivity index (χ1v) is 8.73. The van der Waals surface area contributed by atoms with E-state index in [0.29, 0.717) is 10.7 Å². The van der Waals surface area contributed by atoms with Gasteiger partial charge in [0.1, 0.15) is 5.58 Å². The fourth-order valence-electron chi connectivity index (χ4n) is 3.34. The zero-order valence-electron chi connectivity index (χ0n) is 13.9. The molecule has 0 radical (unpaired) electrons. The summed E-state index contributed by atoms with van der Waals surface area (Å²) in [7, 11) is 0. The Morgan fingerprint density at radius 2 is 2.04 bits per heavy atom. The summed E-state index contributed by atoms with van der Waals surface area (Å²) in [6.07, 6.45) is 2.15. The van der Waals surface area contributed by atoms with Gasteiger partial charge in [0.15, 0.2) is 5.11 Å². The Hall–Kier alpha value is -2.66. The molecule has 0 atom stereocenters. The van der Waals surface area contributed by atoms with Gasteiger partial charge in [-0.15, -0.1) is 0 Å². The van der Waals surface area contributed by atoms with Crippen molar-refractivity contribution in [3.63, 3.8) is 0 Å². The SMILES string of the molecule is Cc1cc(=O)oc2cc(NC(=S)N3CCCc4ccccc43)ccc12. The molecule has 3 aromatic rings. The molecule has 0 unspecified atom stereocenters. The van der Waals surface area contributed by atoms with E-state index in [-0.39, 0.29) is 5.63 Å². The van der Waals surface area contributed by atoms with Crippen LogP contribution >= 0.6 is 12.2 Å². The van der Waals surface area contributed by atoms with Gasteiger partial charge in [0.2, 0.25) is 0 Å². The Morgan fingerprint density at radius 3 is 2.92 bits per heavy atom. The molecule has 0 saturated heterocycles. The quantitative estimate of drug-likeness (QED) is 0.525. The summed E-state index contributed by atoms with van der Waals surface area (Å²) in [6.45, 7) is 2.80. The minimum Gasteiger partial charge on any atom is -0.423 e. The molecule has 0 amide bonds. The Morgan fingerprint density at radius 1 is 1.20 bits per heavy atom. The maximum atomic E-state index is 11.6. The molecule has 126 valence electrons. The molecule has 5 heteroatoms. The molecule has 0 bridgehead atoms. The van der Waals surface area contributed by atoms with Crippen molar-refractivity contribution in [1.29, 1.82) is 0 Å². The fraction of sp³-hybridized carbons (Fsp3) is 0.200. The molecule has 0 aliphatic carbocycles. The van der Waals surface area contributed by atoms with E-state index >= 15 is 0 Å². The Labute approximate surface area is 151 Å². The van der Waals surface area contributed by atoms with Gasteiger partial charge in [-0.05, 0) is 61.3 Å². The van der Waals surface area contributed by atoms with E-state index in [2.05, 4.69) is 28.4 Å². The number of anilines is 2. The predicted molar refractivity (Wildman–Crippen MR) is 106 cm³/mol. The highest BCUT2D eigenvalue weighted by atomic mass is 32.1. The van der Waals surface area contributed by atoms with Crippen molar-refractivity contribution in [3.8, 4) is 0 Å². The number of fused-ring (bicyclic) bond motifs is 2. The largest absolute Gasteiger partial charge is 0.423 e.